The van der Waals surface area contributed by atoms with Crippen molar-refractivity contribution in [1.29, 1.82) is 0 Å². The zero-order valence-corrected chi connectivity index (χ0v) is 12.2. The van der Waals surface area contributed by atoms with Crippen molar-refractivity contribution in [3.05, 3.63) is 82.9 Å². The highest BCUT2D eigenvalue weighted by molar-refractivity contribution is 5.58. The van der Waals surface area contributed by atoms with E-state index in [2.05, 4.69) is 69.0 Å². The van der Waals surface area contributed by atoms with Crippen LogP contribution in [0.1, 0.15) is 54.4 Å². The topological polar surface area (TPSA) is 0 Å². The van der Waals surface area contributed by atoms with Gasteiger partial charge in [0.05, 0.1) is 0 Å². The lowest BCUT2D eigenvalue weighted by Crippen LogP contribution is -2.40. The molecule has 0 aromatic heterocycles. The van der Waals surface area contributed by atoms with Gasteiger partial charge in [-0.25, -0.2) is 0 Å². The Balaban J connectivity index is 2.05. The molecule has 0 fully saturated rings. The van der Waals surface area contributed by atoms with E-state index >= 15 is 0 Å². The van der Waals surface area contributed by atoms with E-state index in [9.17, 15) is 0 Å². The molecule has 2 aromatic carbocycles. The molecule has 0 N–H and O–H groups in total. The van der Waals surface area contributed by atoms with Crippen molar-refractivity contribution in [1.82, 2.24) is 0 Å². The monoisotopic (exact) mass is 260 g/mol. The molecule has 0 spiro atoms. The number of allylic oxidation sites excluding steroid dienone is 1. The maximum atomic E-state index is 4.32. The number of hydrogen-bond donors (Lipinski definition) is 0. The van der Waals surface area contributed by atoms with Gasteiger partial charge >= 0.3 is 0 Å². The minimum absolute atomic E-state index is 0.188. The second kappa shape index (κ2) is 3.85. The molecule has 0 radical (unpaired) electrons. The van der Waals surface area contributed by atoms with E-state index in [0.29, 0.717) is 11.8 Å². The normalized spacial score (nSPS) is 29.7. The zero-order valence-electron chi connectivity index (χ0n) is 12.2. The summed E-state index contributed by atoms with van der Waals surface area (Å²) < 4.78 is 0. The first-order chi connectivity index (χ1) is 9.63. The van der Waals surface area contributed by atoms with Crippen LogP contribution in [0, 0.1) is 5.41 Å². The number of hydrogen-bond acceptors (Lipinski definition) is 0. The zero-order chi connectivity index (χ0) is 13.9. The second-order valence-corrected chi connectivity index (χ2v) is 6.65. The van der Waals surface area contributed by atoms with Crippen LogP contribution in [0.5, 0.6) is 0 Å². The molecule has 2 bridgehead atoms. The molecule has 3 aliphatic rings. The Bertz CT molecular complexity index is 662. The SMILES string of the molecule is C=C(C)C1(C)CC2c3ccccc3C1c1ccccc12. The first-order valence-electron chi connectivity index (χ1n) is 7.46. The van der Waals surface area contributed by atoms with E-state index in [-0.39, 0.29) is 5.41 Å². The molecule has 0 nitrogen and oxygen atoms in total. The fraction of sp³-hybridized carbons (Fsp3) is 0.300. The molecule has 0 heterocycles. The molecule has 0 aliphatic heterocycles. The van der Waals surface area contributed by atoms with Crippen LogP contribution in [0.25, 0.3) is 0 Å². The van der Waals surface area contributed by atoms with Gasteiger partial charge in [0, 0.05) is 11.8 Å². The van der Waals surface area contributed by atoms with E-state index in [1.807, 2.05) is 0 Å². The maximum Gasteiger partial charge on any atom is 0.0186 e. The number of fused-ring (bicyclic) bond motifs is 1. The molecule has 20 heavy (non-hydrogen) atoms. The van der Waals surface area contributed by atoms with Crippen LogP contribution >= 0.6 is 0 Å². The molecule has 2 aromatic rings. The molecular formula is C20H20. The van der Waals surface area contributed by atoms with Gasteiger partial charge in [-0.1, -0.05) is 67.6 Å². The summed E-state index contributed by atoms with van der Waals surface area (Å²) in [6.45, 7) is 8.92. The van der Waals surface area contributed by atoms with Crippen molar-refractivity contribution in [2.45, 2.75) is 32.1 Å². The lowest BCUT2D eigenvalue weighted by Gasteiger charge is -2.52. The summed E-state index contributed by atoms with van der Waals surface area (Å²) in [4.78, 5) is 0. The second-order valence-electron chi connectivity index (χ2n) is 6.65. The quantitative estimate of drug-likeness (QED) is 0.614. The van der Waals surface area contributed by atoms with Gasteiger partial charge in [-0.15, -0.1) is 0 Å². The predicted molar refractivity (Wildman–Crippen MR) is 84.1 cm³/mol. The molecular weight excluding hydrogens is 240 g/mol. The van der Waals surface area contributed by atoms with Crippen molar-refractivity contribution in [2.75, 3.05) is 0 Å². The Kier molecular flexibility index (Phi) is 2.30. The Morgan fingerprint density at radius 2 is 1.40 bits per heavy atom. The molecule has 0 amide bonds. The molecule has 100 valence electrons. The van der Waals surface area contributed by atoms with Crippen molar-refractivity contribution in [3.63, 3.8) is 0 Å². The highest BCUT2D eigenvalue weighted by Crippen LogP contribution is 2.62. The largest absolute Gasteiger partial charge is 0.0996 e. The van der Waals surface area contributed by atoms with Crippen molar-refractivity contribution in [2.24, 2.45) is 5.41 Å². The van der Waals surface area contributed by atoms with Gasteiger partial charge in [0.15, 0.2) is 0 Å². The summed E-state index contributed by atoms with van der Waals surface area (Å²) in [5.74, 6) is 1.01. The molecule has 1 atom stereocenters. The third-order valence-electron chi connectivity index (χ3n) is 5.61. The van der Waals surface area contributed by atoms with Crippen molar-refractivity contribution >= 4 is 0 Å². The van der Waals surface area contributed by atoms with Gasteiger partial charge in [-0.2, -0.15) is 0 Å². The van der Waals surface area contributed by atoms with Crippen LogP contribution in [0.3, 0.4) is 0 Å². The van der Waals surface area contributed by atoms with Gasteiger partial charge in [-0.3, -0.25) is 0 Å². The Labute approximate surface area is 121 Å². The van der Waals surface area contributed by atoms with Crippen LogP contribution in [0.15, 0.2) is 60.7 Å². The molecule has 0 saturated carbocycles. The van der Waals surface area contributed by atoms with E-state index in [1.54, 1.807) is 0 Å². The minimum atomic E-state index is 0.188. The predicted octanol–water partition coefficient (Wildman–Crippen LogP) is 5.25. The maximum absolute atomic E-state index is 4.32. The Morgan fingerprint density at radius 1 is 0.950 bits per heavy atom. The van der Waals surface area contributed by atoms with Crippen LogP contribution < -0.4 is 0 Å². The number of benzene rings is 2. The van der Waals surface area contributed by atoms with Crippen LogP contribution in [-0.2, 0) is 0 Å². The highest BCUT2D eigenvalue weighted by atomic mass is 14.5. The van der Waals surface area contributed by atoms with Gasteiger partial charge in [0.1, 0.15) is 0 Å². The summed E-state index contributed by atoms with van der Waals surface area (Å²) in [5.41, 5.74) is 7.62. The lowest BCUT2D eigenvalue weighted by molar-refractivity contribution is 0.261. The molecule has 3 aliphatic carbocycles. The van der Waals surface area contributed by atoms with E-state index in [4.69, 9.17) is 0 Å². The molecule has 0 saturated heterocycles. The summed E-state index contributed by atoms with van der Waals surface area (Å²) in [6.07, 6.45) is 1.20. The van der Waals surface area contributed by atoms with Gasteiger partial charge in [0.2, 0.25) is 0 Å². The third-order valence-corrected chi connectivity index (χ3v) is 5.61. The van der Waals surface area contributed by atoms with Crippen molar-refractivity contribution < 1.29 is 0 Å². The van der Waals surface area contributed by atoms with Crippen molar-refractivity contribution in [3.8, 4) is 0 Å². The van der Waals surface area contributed by atoms with Gasteiger partial charge < -0.3 is 0 Å². The average molecular weight is 260 g/mol. The summed E-state index contributed by atoms with van der Waals surface area (Å²) in [5, 5.41) is 0. The minimum Gasteiger partial charge on any atom is -0.0996 e. The van der Waals surface area contributed by atoms with Crippen LogP contribution in [-0.4, -0.2) is 0 Å². The highest BCUT2D eigenvalue weighted by Gasteiger charge is 2.50. The average Bonchev–Trinajstić information content (AvgIpc) is 2.47. The van der Waals surface area contributed by atoms with Crippen LogP contribution in [0.2, 0.25) is 0 Å². The fourth-order valence-corrected chi connectivity index (χ4v) is 4.39. The number of rotatable bonds is 1. The Hall–Kier alpha value is -1.82. The summed E-state index contributed by atoms with van der Waals surface area (Å²) in [6, 6.07) is 18.0. The van der Waals surface area contributed by atoms with E-state index < -0.39 is 0 Å². The van der Waals surface area contributed by atoms with E-state index in [0.717, 1.165) is 0 Å². The smallest absolute Gasteiger partial charge is 0.0186 e. The first-order valence-corrected chi connectivity index (χ1v) is 7.46. The standard InChI is InChI=1S/C20H20/c1-13(2)20(3)12-18-14-8-4-6-10-16(14)19(20)17-11-7-5-9-15(17)18/h4-11,18-19H,1,12H2,2-3H3. The third kappa shape index (κ3) is 1.32. The summed E-state index contributed by atoms with van der Waals surface area (Å²) >= 11 is 0. The fourth-order valence-electron chi connectivity index (χ4n) is 4.39. The Morgan fingerprint density at radius 3 is 1.85 bits per heavy atom. The van der Waals surface area contributed by atoms with Crippen LogP contribution in [0.4, 0.5) is 0 Å². The van der Waals surface area contributed by atoms with E-state index in [1.165, 1.54) is 34.2 Å². The van der Waals surface area contributed by atoms with Gasteiger partial charge in [0.25, 0.3) is 0 Å². The lowest BCUT2D eigenvalue weighted by atomic mass is 9.51. The molecule has 1 unspecified atom stereocenters. The summed E-state index contributed by atoms with van der Waals surface area (Å²) in [7, 11) is 0. The first kappa shape index (κ1) is 12.0. The molecule has 0 heteroatoms. The molecule has 5 rings (SSSR count). The van der Waals surface area contributed by atoms with Gasteiger partial charge in [-0.05, 0) is 41.0 Å².